The predicted molar refractivity (Wildman–Crippen MR) is 108 cm³/mol. The number of carbonyl (C=O) groups is 5. The minimum Gasteiger partial charge on any atom is -0.481 e. The van der Waals surface area contributed by atoms with Crippen molar-refractivity contribution in [1.29, 1.82) is 0 Å². The molecule has 0 bridgehead atoms. The number of amides is 3. The lowest BCUT2D eigenvalue weighted by atomic mass is 9.98. The number of nitrogens with one attached hydrogen (secondary N) is 2. The fourth-order valence-electron chi connectivity index (χ4n) is 3.26. The Labute approximate surface area is 180 Å². The van der Waals surface area contributed by atoms with Crippen LogP contribution in [-0.2, 0) is 24.0 Å². The summed E-state index contributed by atoms with van der Waals surface area (Å²) in [6, 6.07) is -4.69. The summed E-state index contributed by atoms with van der Waals surface area (Å²) in [6.07, 6.45) is 0.662. The first-order chi connectivity index (χ1) is 14.5. The first-order valence-corrected chi connectivity index (χ1v) is 10.3. The van der Waals surface area contributed by atoms with Crippen LogP contribution in [0, 0.1) is 5.92 Å². The van der Waals surface area contributed by atoms with Gasteiger partial charge in [-0.3, -0.25) is 19.2 Å². The Balaban J connectivity index is 2.91. The second kappa shape index (κ2) is 12.2. The van der Waals surface area contributed by atoms with Crippen LogP contribution in [0.1, 0.15) is 46.0 Å². The molecule has 0 saturated carbocycles. The summed E-state index contributed by atoms with van der Waals surface area (Å²) >= 11 is 0. The van der Waals surface area contributed by atoms with Crippen LogP contribution in [0.4, 0.5) is 0 Å². The van der Waals surface area contributed by atoms with Crippen LogP contribution in [0.25, 0.3) is 0 Å². The number of rotatable bonds is 12. The van der Waals surface area contributed by atoms with Crippen molar-refractivity contribution < 1.29 is 39.3 Å². The smallest absolute Gasteiger partial charge is 0.326 e. The van der Waals surface area contributed by atoms with Crippen LogP contribution < -0.4 is 16.4 Å². The molecule has 176 valence electrons. The van der Waals surface area contributed by atoms with Gasteiger partial charge in [0.25, 0.3) is 0 Å². The molecule has 5 atom stereocenters. The summed E-state index contributed by atoms with van der Waals surface area (Å²) in [5, 5.41) is 32.5. The van der Waals surface area contributed by atoms with Gasteiger partial charge in [0.05, 0.1) is 12.6 Å². The summed E-state index contributed by atoms with van der Waals surface area (Å²) in [6.45, 7) is 2.98. The molecule has 0 aromatic rings. The molecule has 0 radical (unpaired) electrons. The molecule has 0 aliphatic carbocycles. The first-order valence-electron chi connectivity index (χ1n) is 10.3. The zero-order chi connectivity index (χ0) is 23.7. The summed E-state index contributed by atoms with van der Waals surface area (Å²) in [5.41, 5.74) is 5.86. The molecular formula is C19H32N4O8. The molecular weight excluding hydrogens is 412 g/mol. The molecule has 12 heteroatoms. The van der Waals surface area contributed by atoms with Crippen LogP contribution in [0.5, 0.6) is 0 Å². The van der Waals surface area contributed by atoms with Crippen molar-refractivity contribution in [1.82, 2.24) is 15.5 Å². The average Bonchev–Trinajstić information content (AvgIpc) is 3.22. The highest BCUT2D eigenvalue weighted by Crippen LogP contribution is 2.18. The van der Waals surface area contributed by atoms with Crippen molar-refractivity contribution in [3.63, 3.8) is 0 Å². The van der Waals surface area contributed by atoms with Crippen molar-refractivity contribution in [3.8, 4) is 0 Å². The van der Waals surface area contributed by atoms with Gasteiger partial charge in [-0.2, -0.15) is 0 Å². The van der Waals surface area contributed by atoms with Gasteiger partial charge in [-0.15, -0.1) is 0 Å². The van der Waals surface area contributed by atoms with Gasteiger partial charge >= 0.3 is 11.9 Å². The Kier molecular flexibility index (Phi) is 10.4. The second-order valence-corrected chi connectivity index (χ2v) is 7.68. The molecule has 12 nitrogen and oxygen atoms in total. The SMILES string of the molecule is CCC(C)C(N)C(=O)NC(CCC(=O)O)C(=O)NC(CO)C(=O)N1CCCC1C(=O)O. The number of carboxylic acid groups (broad SMARTS) is 2. The summed E-state index contributed by atoms with van der Waals surface area (Å²) in [4.78, 5) is 61.1. The van der Waals surface area contributed by atoms with Crippen molar-refractivity contribution in [2.75, 3.05) is 13.2 Å². The van der Waals surface area contributed by atoms with Crippen LogP contribution in [0.15, 0.2) is 0 Å². The molecule has 1 saturated heterocycles. The number of carbonyl (C=O) groups excluding carboxylic acids is 3. The lowest BCUT2D eigenvalue weighted by molar-refractivity contribution is -0.150. The van der Waals surface area contributed by atoms with Crippen molar-refractivity contribution >= 4 is 29.7 Å². The highest BCUT2D eigenvalue weighted by atomic mass is 16.4. The normalized spacial score (nSPS) is 19.7. The Hall–Kier alpha value is -2.73. The minimum atomic E-state index is -1.43. The number of nitrogens with two attached hydrogens (primary N) is 1. The van der Waals surface area contributed by atoms with Crippen molar-refractivity contribution in [2.45, 2.75) is 70.1 Å². The highest BCUT2D eigenvalue weighted by molar-refractivity contribution is 5.94. The molecule has 3 amide bonds. The molecule has 5 unspecified atom stereocenters. The number of hydrogen-bond acceptors (Lipinski definition) is 7. The van der Waals surface area contributed by atoms with Gasteiger partial charge in [0.1, 0.15) is 18.1 Å². The van der Waals surface area contributed by atoms with Gasteiger partial charge in [-0.05, 0) is 25.2 Å². The van der Waals surface area contributed by atoms with E-state index in [1.54, 1.807) is 6.92 Å². The number of hydrogen-bond donors (Lipinski definition) is 6. The van der Waals surface area contributed by atoms with E-state index in [0.29, 0.717) is 12.8 Å². The van der Waals surface area contributed by atoms with Crippen molar-refractivity contribution in [3.05, 3.63) is 0 Å². The van der Waals surface area contributed by atoms with E-state index < -0.39 is 66.9 Å². The molecule has 1 rings (SSSR count). The average molecular weight is 444 g/mol. The van der Waals surface area contributed by atoms with Gasteiger partial charge in [0.15, 0.2) is 0 Å². The van der Waals surface area contributed by atoms with Gasteiger partial charge in [-0.25, -0.2) is 4.79 Å². The van der Waals surface area contributed by atoms with Crippen LogP contribution >= 0.6 is 0 Å². The molecule has 1 aliphatic heterocycles. The van der Waals surface area contributed by atoms with Gasteiger partial charge in [0, 0.05) is 13.0 Å². The number of likely N-dealkylation sites (tertiary alicyclic amines) is 1. The molecule has 0 aromatic carbocycles. The number of aliphatic hydroxyl groups is 1. The topological polar surface area (TPSA) is 199 Å². The maximum atomic E-state index is 12.7. The van der Waals surface area contributed by atoms with Gasteiger partial charge < -0.3 is 36.6 Å². The first kappa shape index (κ1) is 26.3. The van der Waals surface area contributed by atoms with Gasteiger partial charge in [-0.1, -0.05) is 20.3 Å². The van der Waals surface area contributed by atoms with Crippen LogP contribution in [0.2, 0.25) is 0 Å². The maximum absolute atomic E-state index is 12.7. The molecule has 1 fully saturated rings. The van der Waals surface area contributed by atoms with E-state index in [1.807, 2.05) is 6.92 Å². The summed E-state index contributed by atoms with van der Waals surface area (Å²) in [7, 11) is 0. The number of aliphatic carboxylic acids is 2. The third-order valence-corrected chi connectivity index (χ3v) is 5.46. The van der Waals surface area contributed by atoms with E-state index in [-0.39, 0.29) is 25.3 Å². The largest absolute Gasteiger partial charge is 0.481 e. The van der Waals surface area contributed by atoms with Crippen molar-refractivity contribution in [2.24, 2.45) is 11.7 Å². The Morgan fingerprint density at radius 2 is 1.71 bits per heavy atom. The minimum absolute atomic E-state index is 0.172. The molecule has 1 aliphatic rings. The quantitative estimate of drug-likeness (QED) is 0.202. The Bertz CT molecular complexity index is 686. The number of carboxylic acids is 2. The van der Waals surface area contributed by atoms with E-state index >= 15 is 0 Å². The van der Waals surface area contributed by atoms with E-state index in [2.05, 4.69) is 10.6 Å². The van der Waals surface area contributed by atoms with E-state index in [9.17, 15) is 34.2 Å². The second-order valence-electron chi connectivity index (χ2n) is 7.68. The van der Waals surface area contributed by atoms with E-state index in [1.165, 1.54) is 0 Å². The number of aliphatic hydroxyl groups excluding tert-OH is 1. The zero-order valence-electron chi connectivity index (χ0n) is 17.7. The van der Waals surface area contributed by atoms with E-state index in [0.717, 1.165) is 4.90 Å². The van der Waals surface area contributed by atoms with Gasteiger partial charge in [0.2, 0.25) is 17.7 Å². The third-order valence-electron chi connectivity index (χ3n) is 5.46. The lowest BCUT2D eigenvalue weighted by Gasteiger charge is -2.28. The standard InChI is InChI=1S/C19H32N4O8/c1-3-10(2)15(20)17(28)21-11(6-7-14(25)26)16(27)22-12(9-24)18(29)23-8-4-5-13(23)19(30)31/h10-13,15,24H,3-9,20H2,1-2H3,(H,21,28)(H,22,27)(H,25,26)(H,30,31). The fraction of sp³-hybridized carbons (Fsp3) is 0.737. The number of nitrogens with zero attached hydrogens (tertiary/aromatic N) is 1. The monoisotopic (exact) mass is 444 g/mol. The Morgan fingerprint density at radius 3 is 2.23 bits per heavy atom. The molecule has 7 N–H and O–H groups in total. The summed E-state index contributed by atoms with van der Waals surface area (Å²) < 4.78 is 0. The van der Waals surface area contributed by atoms with Crippen LogP contribution in [-0.4, -0.2) is 87.2 Å². The molecule has 0 aromatic heterocycles. The highest BCUT2D eigenvalue weighted by Gasteiger charge is 2.38. The Morgan fingerprint density at radius 1 is 1.10 bits per heavy atom. The summed E-state index contributed by atoms with van der Waals surface area (Å²) in [5.74, 6) is -4.82. The molecule has 1 heterocycles. The third kappa shape index (κ3) is 7.47. The maximum Gasteiger partial charge on any atom is 0.326 e. The molecule has 0 spiro atoms. The lowest BCUT2D eigenvalue weighted by Crippen LogP contribution is -2.58. The molecule has 31 heavy (non-hydrogen) atoms. The zero-order valence-corrected chi connectivity index (χ0v) is 17.7. The van der Waals surface area contributed by atoms with E-state index in [4.69, 9.17) is 10.8 Å². The van der Waals surface area contributed by atoms with Crippen LogP contribution in [0.3, 0.4) is 0 Å². The predicted octanol–water partition coefficient (Wildman–Crippen LogP) is -1.74. The fourth-order valence-corrected chi connectivity index (χ4v) is 3.26.